The molecule has 0 atom stereocenters. The molecule has 0 unspecified atom stereocenters. The summed E-state index contributed by atoms with van der Waals surface area (Å²) in [4.78, 5) is 0. The average Bonchev–Trinajstić information content (AvgIpc) is 3.90. The summed E-state index contributed by atoms with van der Waals surface area (Å²) in [6, 6.07) is 20.8. The van der Waals surface area contributed by atoms with Gasteiger partial charge < -0.3 is 18.1 Å². The number of halogens is 8. The molecule has 1 saturated heterocycles. The quantitative estimate of drug-likeness (QED) is 0.135. The third-order valence-corrected chi connectivity index (χ3v) is 8.61. The molecule has 1 fully saturated rings. The lowest BCUT2D eigenvalue weighted by molar-refractivity contribution is -0.157. The number of tetrazole rings is 1. The Morgan fingerprint density at radius 1 is 0.577 bits per heavy atom. The molecular formula is C31H25BBr2F6N8O4. The van der Waals surface area contributed by atoms with Crippen molar-refractivity contribution >= 4 is 44.4 Å². The number of H-pyrrole nitrogens is 1. The van der Waals surface area contributed by atoms with E-state index in [1.54, 1.807) is 48.5 Å². The third-order valence-electron chi connectivity index (χ3n) is 7.56. The number of aromatic amines is 1. The van der Waals surface area contributed by atoms with Gasteiger partial charge in [-0.25, -0.2) is 0 Å². The Kier molecular flexibility index (Phi) is 11.4. The van der Waals surface area contributed by atoms with Gasteiger partial charge in [-0.2, -0.15) is 31.6 Å². The molecule has 1 N–H and O–H groups in total. The zero-order valence-corrected chi connectivity index (χ0v) is 30.5. The first-order chi connectivity index (χ1) is 24.3. The van der Waals surface area contributed by atoms with Crippen LogP contribution in [0.25, 0.3) is 34.3 Å². The molecule has 0 aliphatic carbocycles. The average molecular weight is 858 g/mol. The normalized spacial score (nSPS) is 15.0. The van der Waals surface area contributed by atoms with Gasteiger partial charge in [-0.05, 0) is 99.0 Å². The molecular weight excluding hydrogens is 833 g/mol. The molecule has 7 rings (SSSR count). The maximum Gasteiger partial charge on any atom is 0.494 e. The van der Waals surface area contributed by atoms with Gasteiger partial charge in [0.1, 0.15) is 0 Å². The van der Waals surface area contributed by atoms with Crippen LogP contribution in [0.1, 0.15) is 39.5 Å². The zero-order valence-electron chi connectivity index (χ0n) is 27.3. The predicted molar refractivity (Wildman–Crippen MR) is 180 cm³/mol. The molecule has 0 saturated carbocycles. The summed E-state index contributed by atoms with van der Waals surface area (Å²) in [6.07, 6.45) is -9.27. The van der Waals surface area contributed by atoms with Crippen LogP contribution in [0.2, 0.25) is 0 Å². The van der Waals surface area contributed by atoms with Gasteiger partial charge in [0, 0.05) is 25.6 Å². The molecule has 1 aliphatic heterocycles. The lowest BCUT2D eigenvalue weighted by Gasteiger charge is -2.32. The predicted octanol–water partition coefficient (Wildman–Crippen LogP) is 8.20. The summed E-state index contributed by atoms with van der Waals surface area (Å²) >= 11 is 6.55. The minimum Gasteiger partial charge on any atom is -0.413 e. The molecule has 272 valence electrons. The maximum atomic E-state index is 12.5. The van der Waals surface area contributed by atoms with Crippen molar-refractivity contribution in [3.8, 4) is 34.3 Å². The zero-order chi connectivity index (χ0) is 37.9. The van der Waals surface area contributed by atoms with E-state index in [0.29, 0.717) is 17.0 Å². The Labute approximate surface area is 308 Å². The van der Waals surface area contributed by atoms with Crippen molar-refractivity contribution in [3.05, 3.63) is 93.5 Å². The minimum atomic E-state index is -4.66. The summed E-state index contributed by atoms with van der Waals surface area (Å²) in [6.45, 7) is 7.77. The molecule has 0 bridgehead atoms. The first kappa shape index (κ1) is 38.8. The Bertz CT molecular complexity index is 2040. The molecule has 0 radical (unpaired) electrons. The third kappa shape index (κ3) is 9.49. The summed E-state index contributed by atoms with van der Waals surface area (Å²) in [5, 5.41) is 26.3. The SMILES string of the molecule is Brc1ccc(-c2nn[nH]n2)cc1.CC1(C)OB(c2ccc(-c3nnc(C(F)(F)F)o3)cc2)OC1(C)C.FC(F)(F)c1nnc(-c2ccc(Br)cc2)o1. The van der Waals surface area contributed by atoms with E-state index >= 15 is 0 Å². The Balaban J connectivity index is 0.000000161. The molecule has 12 nitrogen and oxygen atoms in total. The monoisotopic (exact) mass is 856 g/mol. The van der Waals surface area contributed by atoms with Crippen LogP contribution in [0.15, 0.2) is 90.6 Å². The van der Waals surface area contributed by atoms with Crippen LogP contribution in [0.3, 0.4) is 0 Å². The van der Waals surface area contributed by atoms with Crippen LogP contribution in [0, 0.1) is 0 Å². The summed E-state index contributed by atoms with van der Waals surface area (Å²) in [5.74, 6) is -2.44. The summed E-state index contributed by atoms with van der Waals surface area (Å²) in [5.41, 5.74) is 1.60. The second kappa shape index (κ2) is 15.3. The number of aromatic nitrogens is 8. The molecule has 3 aromatic heterocycles. The molecule has 21 heteroatoms. The second-order valence-electron chi connectivity index (χ2n) is 11.8. The molecule has 3 aromatic carbocycles. The second-order valence-corrected chi connectivity index (χ2v) is 13.6. The lowest BCUT2D eigenvalue weighted by Crippen LogP contribution is -2.41. The van der Waals surface area contributed by atoms with Crippen LogP contribution in [-0.2, 0) is 21.7 Å². The van der Waals surface area contributed by atoms with E-state index < -0.39 is 42.5 Å². The van der Waals surface area contributed by atoms with Crippen molar-refractivity contribution in [2.45, 2.75) is 51.2 Å². The number of nitrogens with zero attached hydrogens (tertiary/aromatic N) is 7. The van der Waals surface area contributed by atoms with Crippen molar-refractivity contribution in [1.82, 2.24) is 41.0 Å². The van der Waals surface area contributed by atoms with E-state index in [-0.39, 0.29) is 11.8 Å². The highest BCUT2D eigenvalue weighted by atomic mass is 79.9. The molecule has 6 aromatic rings. The fourth-order valence-electron chi connectivity index (χ4n) is 4.15. The molecule has 52 heavy (non-hydrogen) atoms. The molecule has 0 amide bonds. The number of nitrogens with one attached hydrogen (secondary N) is 1. The van der Waals surface area contributed by atoms with E-state index in [1.165, 1.54) is 0 Å². The van der Waals surface area contributed by atoms with Crippen molar-refractivity contribution in [1.29, 1.82) is 0 Å². The number of hydrogen-bond donors (Lipinski definition) is 1. The van der Waals surface area contributed by atoms with Crippen molar-refractivity contribution < 1.29 is 44.5 Å². The van der Waals surface area contributed by atoms with Gasteiger partial charge in [0.25, 0.3) is 0 Å². The first-order valence-electron chi connectivity index (χ1n) is 14.8. The summed E-state index contributed by atoms with van der Waals surface area (Å²) in [7, 11) is -0.544. The van der Waals surface area contributed by atoms with E-state index in [0.717, 1.165) is 20.0 Å². The molecule has 0 spiro atoms. The highest BCUT2D eigenvalue weighted by Gasteiger charge is 2.51. The Morgan fingerprint density at radius 3 is 1.35 bits per heavy atom. The van der Waals surface area contributed by atoms with Gasteiger partial charge in [0.05, 0.1) is 11.2 Å². The number of rotatable bonds is 4. The number of alkyl halides is 6. The van der Waals surface area contributed by atoms with Gasteiger partial charge in [0.15, 0.2) is 0 Å². The smallest absolute Gasteiger partial charge is 0.413 e. The topological polar surface area (TPSA) is 151 Å². The fraction of sp³-hybridized carbons (Fsp3) is 0.258. The van der Waals surface area contributed by atoms with Crippen LogP contribution in [-0.4, -0.2) is 59.3 Å². The Hall–Kier alpha value is -4.47. The minimum absolute atomic E-state index is 0.153. The molecule has 1 aliphatic rings. The highest BCUT2D eigenvalue weighted by Crippen LogP contribution is 2.37. The molecule has 4 heterocycles. The van der Waals surface area contributed by atoms with Gasteiger partial charge in [-0.15, -0.1) is 30.6 Å². The van der Waals surface area contributed by atoms with Crippen LogP contribution in [0.5, 0.6) is 0 Å². The Morgan fingerprint density at radius 2 is 0.981 bits per heavy atom. The first-order valence-corrected chi connectivity index (χ1v) is 16.4. The fourth-order valence-corrected chi connectivity index (χ4v) is 4.68. The lowest BCUT2D eigenvalue weighted by atomic mass is 9.79. The standard InChI is InChI=1S/C15H16BF3N2O3.C9H4BrF3N2O.C7H5BrN4/c1-13(2)14(3,4)24-16(23-13)10-7-5-9(6-8-10)11-20-21-12(22-11)15(17,18)19;10-6-3-1-5(2-4-6)7-14-15-8(16-7)9(11,12)13;8-6-3-1-5(2-4-6)7-9-11-12-10-7/h5-8H,1-4H3;1-4H;1-4H,(H,9,10,11,12). The van der Waals surface area contributed by atoms with E-state index in [4.69, 9.17) is 9.31 Å². The van der Waals surface area contributed by atoms with Gasteiger partial charge in [0.2, 0.25) is 17.6 Å². The van der Waals surface area contributed by atoms with E-state index in [2.05, 4.69) is 81.7 Å². The maximum absolute atomic E-state index is 12.5. The van der Waals surface area contributed by atoms with E-state index in [9.17, 15) is 26.3 Å². The van der Waals surface area contributed by atoms with Crippen molar-refractivity contribution in [2.24, 2.45) is 0 Å². The van der Waals surface area contributed by atoms with Gasteiger partial charge in [-0.3, -0.25) is 0 Å². The highest BCUT2D eigenvalue weighted by molar-refractivity contribution is 9.10. The van der Waals surface area contributed by atoms with Crippen molar-refractivity contribution in [2.75, 3.05) is 0 Å². The van der Waals surface area contributed by atoms with Crippen molar-refractivity contribution in [3.63, 3.8) is 0 Å². The van der Waals surface area contributed by atoms with Crippen LogP contribution < -0.4 is 5.46 Å². The number of benzene rings is 3. The van der Waals surface area contributed by atoms with E-state index in [1.807, 2.05) is 52.0 Å². The van der Waals surface area contributed by atoms with Gasteiger partial charge in [-0.1, -0.05) is 44.0 Å². The summed E-state index contributed by atoms with van der Waals surface area (Å²) < 4.78 is 96.9. The van der Waals surface area contributed by atoms with Gasteiger partial charge >= 0.3 is 31.3 Å². The van der Waals surface area contributed by atoms with Crippen LogP contribution >= 0.6 is 31.9 Å². The largest absolute Gasteiger partial charge is 0.494 e. The number of hydrogen-bond acceptors (Lipinski definition) is 11. The van der Waals surface area contributed by atoms with Crippen LogP contribution in [0.4, 0.5) is 26.3 Å².